The first-order valence-corrected chi connectivity index (χ1v) is 8.61. The van der Waals surface area contributed by atoms with E-state index in [1.807, 2.05) is 6.92 Å². The number of ether oxygens (including phenoxy) is 3. The molecule has 23 heavy (non-hydrogen) atoms. The largest absolute Gasteiger partial charge is 0.455 e. The predicted octanol–water partition coefficient (Wildman–Crippen LogP) is 1.15. The van der Waals surface area contributed by atoms with E-state index in [9.17, 15) is 13.2 Å². The lowest BCUT2D eigenvalue weighted by Crippen LogP contribution is -2.33. The Morgan fingerprint density at radius 1 is 1.17 bits per heavy atom. The van der Waals surface area contributed by atoms with Crippen molar-refractivity contribution in [3.05, 3.63) is 29.8 Å². The van der Waals surface area contributed by atoms with Crippen LogP contribution in [0.4, 0.5) is 0 Å². The topological polar surface area (TPSA) is 88.1 Å². The molecule has 2 aliphatic rings. The van der Waals surface area contributed by atoms with Crippen molar-refractivity contribution < 1.29 is 31.6 Å². The summed E-state index contributed by atoms with van der Waals surface area (Å²) in [5.74, 6) is -1.48. The molecule has 0 aliphatic carbocycles. The van der Waals surface area contributed by atoms with Crippen molar-refractivity contribution in [2.75, 3.05) is 6.61 Å². The minimum atomic E-state index is -3.93. The number of carbonyl (C=O) groups excluding carboxylic acids is 1. The second kappa shape index (κ2) is 5.55. The highest BCUT2D eigenvalue weighted by Gasteiger charge is 2.56. The van der Waals surface area contributed by atoms with Crippen LogP contribution in [0, 0.1) is 6.92 Å². The van der Waals surface area contributed by atoms with Gasteiger partial charge in [0.15, 0.2) is 18.0 Å². The lowest BCUT2D eigenvalue weighted by molar-refractivity contribution is -0.188. The van der Waals surface area contributed by atoms with Gasteiger partial charge in [-0.05, 0) is 32.9 Å². The van der Waals surface area contributed by atoms with Crippen LogP contribution in [0.2, 0.25) is 0 Å². The maximum Gasteiger partial charge on any atom is 0.338 e. The summed E-state index contributed by atoms with van der Waals surface area (Å²) in [5, 5.41) is 0. The van der Waals surface area contributed by atoms with E-state index in [1.54, 1.807) is 26.0 Å². The fourth-order valence-corrected chi connectivity index (χ4v) is 3.50. The van der Waals surface area contributed by atoms with Crippen LogP contribution < -0.4 is 0 Å². The van der Waals surface area contributed by atoms with Gasteiger partial charge in [-0.15, -0.1) is 0 Å². The van der Waals surface area contributed by atoms with Crippen LogP contribution in [0.1, 0.15) is 19.4 Å². The van der Waals surface area contributed by atoms with Crippen molar-refractivity contribution in [3.63, 3.8) is 0 Å². The summed E-state index contributed by atoms with van der Waals surface area (Å²) in [6, 6.07) is 6.29. The number of esters is 1. The van der Waals surface area contributed by atoms with Gasteiger partial charge in [0.25, 0.3) is 10.1 Å². The van der Waals surface area contributed by atoms with E-state index in [4.69, 9.17) is 18.4 Å². The molecule has 0 aromatic heterocycles. The van der Waals surface area contributed by atoms with E-state index in [0.717, 1.165) is 5.56 Å². The molecule has 0 radical (unpaired) electrons. The van der Waals surface area contributed by atoms with E-state index in [2.05, 4.69) is 0 Å². The SMILES string of the molecule is Cc1ccc(S(=O)(=O)OC[C@H]2OC(=O)[C@@H]3OC(C)(C)O[C@H]23)cc1. The van der Waals surface area contributed by atoms with E-state index >= 15 is 0 Å². The van der Waals surface area contributed by atoms with Crippen molar-refractivity contribution >= 4 is 16.1 Å². The Morgan fingerprint density at radius 3 is 2.48 bits per heavy atom. The first kappa shape index (κ1) is 16.4. The number of carbonyl (C=O) groups is 1. The quantitative estimate of drug-likeness (QED) is 0.599. The van der Waals surface area contributed by atoms with Crippen LogP contribution >= 0.6 is 0 Å². The average molecular weight is 342 g/mol. The van der Waals surface area contributed by atoms with Gasteiger partial charge in [0.2, 0.25) is 0 Å². The van der Waals surface area contributed by atoms with Gasteiger partial charge in [-0.1, -0.05) is 17.7 Å². The predicted molar refractivity (Wildman–Crippen MR) is 78.0 cm³/mol. The van der Waals surface area contributed by atoms with Crippen LogP contribution in [0.3, 0.4) is 0 Å². The van der Waals surface area contributed by atoms with E-state index in [-0.39, 0.29) is 11.5 Å². The number of aryl methyl sites for hydroxylation is 1. The maximum atomic E-state index is 12.2. The van der Waals surface area contributed by atoms with Crippen LogP contribution in [-0.2, 0) is 33.3 Å². The number of rotatable bonds is 4. The highest BCUT2D eigenvalue weighted by atomic mass is 32.2. The third-order valence-electron chi connectivity index (χ3n) is 3.69. The zero-order valence-electron chi connectivity index (χ0n) is 13.0. The Hall–Kier alpha value is -1.48. The van der Waals surface area contributed by atoms with Gasteiger partial charge in [0.05, 0.1) is 4.90 Å². The van der Waals surface area contributed by atoms with Gasteiger partial charge in [0, 0.05) is 0 Å². The van der Waals surface area contributed by atoms with Crippen LogP contribution in [0.25, 0.3) is 0 Å². The van der Waals surface area contributed by atoms with E-state index in [1.165, 1.54) is 12.1 Å². The van der Waals surface area contributed by atoms with Gasteiger partial charge >= 0.3 is 5.97 Å². The summed E-state index contributed by atoms with van der Waals surface area (Å²) in [7, 11) is -3.93. The van der Waals surface area contributed by atoms with Crippen molar-refractivity contribution in [3.8, 4) is 0 Å². The molecule has 0 bridgehead atoms. The first-order chi connectivity index (χ1) is 10.7. The summed E-state index contributed by atoms with van der Waals surface area (Å²) in [5.41, 5.74) is 0.940. The van der Waals surface area contributed by atoms with Crippen molar-refractivity contribution in [2.45, 2.75) is 49.8 Å². The molecule has 126 valence electrons. The molecule has 2 heterocycles. The zero-order valence-corrected chi connectivity index (χ0v) is 13.8. The molecule has 1 aromatic carbocycles. The molecule has 1 aromatic rings. The molecule has 0 saturated carbocycles. The fraction of sp³-hybridized carbons (Fsp3) is 0.533. The standard InChI is InChI=1S/C15H18O7S/c1-9-4-6-10(7-5-9)23(17,18)19-8-11-12-13(14(16)20-11)22-15(2,3)21-12/h4-7,11-13H,8H2,1-3H3/t11-,12-,13-/m1/s1. The molecule has 0 spiro atoms. The molecular weight excluding hydrogens is 324 g/mol. The lowest BCUT2D eigenvalue weighted by atomic mass is 10.1. The van der Waals surface area contributed by atoms with Crippen molar-refractivity contribution in [2.24, 2.45) is 0 Å². The average Bonchev–Trinajstić information content (AvgIpc) is 2.92. The third-order valence-corrected chi connectivity index (χ3v) is 4.99. The number of cyclic esters (lactones) is 1. The lowest BCUT2D eigenvalue weighted by Gasteiger charge is -2.21. The second-order valence-electron chi connectivity index (χ2n) is 6.05. The first-order valence-electron chi connectivity index (χ1n) is 7.20. The Balaban J connectivity index is 1.68. The van der Waals surface area contributed by atoms with E-state index < -0.39 is 40.2 Å². The van der Waals surface area contributed by atoms with Crippen LogP contribution in [0.5, 0.6) is 0 Å². The molecule has 3 atom stereocenters. The van der Waals surface area contributed by atoms with Gasteiger partial charge in [-0.3, -0.25) is 4.18 Å². The Labute approximate surface area is 134 Å². The van der Waals surface area contributed by atoms with Gasteiger partial charge < -0.3 is 14.2 Å². The zero-order chi connectivity index (χ0) is 16.8. The minimum absolute atomic E-state index is 0.0490. The molecule has 0 N–H and O–H groups in total. The molecule has 0 amide bonds. The molecule has 8 heteroatoms. The summed E-state index contributed by atoms with van der Waals surface area (Å²) in [6.45, 7) is 4.90. The van der Waals surface area contributed by atoms with Crippen molar-refractivity contribution in [1.29, 1.82) is 0 Å². The summed E-state index contributed by atoms with van der Waals surface area (Å²) in [4.78, 5) is 11.8. The molecule has 2 saturated heterocycles. The monoisotopic (exact) mass is 342 g/mol. The van der Waals surface area contributed by atoms with E-state index in [0.29, 0.717) is 0 Å². The molecule has 2 fully saturated rings. The third kappa shape index (κ3) is 3.25. The minimum Gasteiger partial charge on any atom is -0.455 e. The van der Waals surface area contributed by atoms with Crippen LogP contribution in [-0.4, -0.2) is 45.1 Å². The highest BCUT2D eigenvalue weighted by Crippen LogP contribution is 2.36. The molecule has 2 aliphatic heterocycles. The fourth-order valence-electron chi connectivity index (χ4n) is 2.59. The molecular formula is C15H18O7S. The number of fused-ring (bicyclic) bond motifs is 1. The summed E-state index contributed by atoms with van der Waals surface area (Å²) < 4.78 is 45.5. The second-order valence-corrected chi connectivity index (χ2v) is 7.66. The molecule has 0 unspecified atom stereocenters. The summed E-state index contributed by atoms with van der Waals surface area (Å²) >= 11 is 0. The van der Waals surface area contributed by atoms with Gasteiger partial charge in [-0.2, -0.15) is 8.42 Å². The maximum absolute atomic E-state index is 12.2. The summed E-state index contributed by atoms with van der Waals surface area (Å²) in [6.07, 6.45) is -2.35. The number of hydrogen-bond acceptors (Lipinski definition) is 7. The number of benzene rings is 1. The Kier molecular flexibility index (Phi) is 3.96. The van der Waals surface area contributed by atoms with Gasteiger partial charge in [0.1, 0.15) is 12.7 Å². The highest BCUT2D eigenvalue weighted by molar-refractivity contribution is 7.86. The normalized spacial score (nSPS) is 29.3. The number of hydrogen-bond donors (Lipinski definition) is 0. The Morgan fingerprint density at radius 2 is 1.83 bits per heavy atom. The molecule has 3 rings (SSSR count). The molecule has 7 nitrogen and oxygen atoms in total. The van der Waals surface area contributed by atoms with Crippen LogP contribution in [0.15, 0.2) is 29.2 Å². The van der Waals surface area contributed by atoms with Crippen molar-refractivity contribution in [1.82, 2.24) is 0 Å². The smallest absolute Gasteiger partial charge is 0.338 e. The Bertz CT molecular complexity index is 708. The van der Waals surface area contributed by atoms with Gasteiger partial charge in [-0.25, -0.2) is 4.79 Å².